The van der Waals surface area contributed by atoms with E-state index in [1.54, 1.807) is 11.1 Å². The predicted octanol–water partition coefficient (Wildman–Crippen LogP) is 5.39. The summed E-state index contributed by atoms with van der Waals surface area (Å²) in [6.07, 6.45) is 3.14. The molecule has 1 amide bonds. The highest BCUT2D eigenvalue weighted by Crippen LogP contribution is 2.20. The van der Waals surface area contributed by atoms with Crippen LogP contribution in [0.15, 0.2) is 67.0 Å². The number of anilines is 2. The Bertz CT molecular complexity index is 919. The molecule has 150 valence electrons. The van der Waals surface area contributed by atoms with Crippen molar-refractivity contribution in [3.05, 3.63) is 83.8 Å². The number of aromatic nitrogens is 2. The zero-order valence-electron chi connectivity index (χ0n) is 17.5. The lowest BCUT2D eigenvalue weighted by Gasteiger charge is -2.26. The summed E-state index contributed by atoms with van der Waals surface area (Å²) < 4.78 is 0. The number of hydrogen-bond acceptors (Lipinski definition) is 4. The van der Waals surface area contributed by atoms with Crippen molar-refractivity contribution in [2.45, 2.75) is 46.2 Å². The quantitative estimate of drug-likeness (QED) is 0.589. The molecule has 0 saturated heterocycles. The van der Waals surface area contributed by atoms with Crippen LogP contribution >= 0.6 is 0 Å². The lowest BCUT2D eigenvalue weighted by molar-refractivity contribution is 0.0684. The van der Waals surface area contributed by atoms with Crippen molar-refractivity contribution in [2.24, 2.45) is 0 Å². The molecule has 3 rings (SSSR count). The molecular weight excluding hydrogens is 360 g/mol. The standard InChI is InChI=1S/C24H28N4O/c1-17(2)20-10-12-21(13-11-20)27-23-15-25-22(14-26-23)24(29)28(18(3)4)16-19-8-6-5-7-9-19/h5-15,17-18H,16H2,1-4H3,(H,26,27). The summed E-state index contributed by atoms with van der Waals surface area (Å²) in [6.45, 7) is 8.89. The third-order valence-corrected chi connectivity index (χ3v) is 4.80. The lowest BCUT2D eigenvalue weighted by Crippen LogP contribution is -2.36. The van der Waals surface area contributed by atoms with Crippen LogP contribution in [0.1, 0.15) is 55.2 Å². The van der Waals surface area contributed by atoms with Gasteiger partial charge in [0.05, 0.1) is 12.4 Å². The maximum absolute atomic E-state index is 13.0. The van der Waals surface area contributed by atoms with Crippen molar-refractivity contribution in [3.8, 4) is 0 Å². The zero-order chi connectivity index (χ0) is 20.8. The van der Waals surface area contributed by atoms with Crippen molar-refractivity contribution < 1.29 is 4.79 Å². The van der Waals surface area contributed by atoms with Crippen molar-refractivity contribution in [2.75, 3.05) is 5.32 Å². The topological polar surface area (TPSA) is 58.1 Å². The van der Waals surface area contributed by atoms with E-state index in [0.717, 1.165) is 11.3 Å². The van der Waals surface area contributed by atoms with E-state index in [1.165, 1.54) is 11.8 Å². The van der Waals surface area contributed by atoms with Gasteiger partial charge in [-0.3, -0.25) is 4.79 Å². The van der Waals surface area contributed by atoms with Crippen molar-refractivity contribution in [1.29, 1.82) is 0 Å². The van der Waals surface area contributed by atoms with Crippen LogP contribution in [0.2, 0.25) is 0 Å². The molecule has 0 aliphatic carbocycles. The minimum atomic E-state index is -0.121. The molecule has 5 nitrogen and oxygen atoms in total. The second-order valence-electron chi connectivity index (χ2n) is 7.70. The molecule has 1 N–H and O–H groups in total. The molecule has 29 heavy (non-hydrogen) atoms. The highest BCUT2D eigenvalue weighted by Gasteiger charge is 2.20. The Balaban J connectivity index is 1.69. The van der Waals surface area contributed by atoms with Gasteiger partial charge in [0, 0.05) is 18.3 Å². The minimum Gasteiger partial charge on any atom is -0.339 e. The summed E-state index contributed by atoms with van der Waals surface area (Å²) in [7, 11) is 0. The highest BCUT2D eigenvalue weighted by molar-refractivity contribution is 5.92. The Labute approximate surface area is 172 Å². The van der Waals surface area contributed by atoms with Gasteiger partial charge in [-0.05, 0) is 43.0 Å². The van der Waals surface area contributed by atoms with Crippen molar-refractivity contribution in [3.63, 3.8) is 0 Å². The number of nitrogens with one attached hydrogen (secondary N) is 1. The van der Waals surface area contributed by atoms with Gasteiger partial charge in [0.1, 0.15) is 11.5 Å². The normalized spacial score (nSPS) is 11.0. The van der Waals surface area contributed by atoms with Crippen LogP contribution in [0.4, 0.5) is 11.5 Å². The molecule has 5 heteroatoms. The van der Waals surface area contributed by atoms with E-state index in [9.17, 15) is 4.79 Å². The average molecular weight is 389 g/mol. The average Bonchev–Trinajstić information content (AvgIpc) is 2.73. The first-order valence-electron chi connectivity index (χ1n) is 9.98. The van der Waals surface area contributed by atoms with Gasteiger partial charge in [0.25, 0.3) is 5.91 Å². The van der Waals surface area contributed by atoms with Crippen LogP contribution in [0, 0.1) is 0 Å². The van der Waals surface area contributed by atoms with Crippen LogP contribution in [-0.2, 0) is 6.54 Å². The molecule has 0 aliphatic heterocycles. The van der Waals surface area contributed by atoms with Gasteiger partial charge in [0.2, 0.25) is 0 Å². The van der Waals surface area contributed by atoms with Gasteiger partial charge in [-0.15, -0.1) is 0 Å². The molecule has 0 spiro atoms. The molecule has 0 radical (unpaired) electrons. The Hall–Kier alpha value is -3.21. The van der Waals surface area contributed by atoms with E-state index in [-0.39, 0.29) is 11.9 Å². The maximum Gasteiger partial charge on any atom is 0.274 e. The first-order chi connectivity index (χ1) is 13.9. The number of carbonyl (C=O) groups excluding carboxylic acids is 1. The summed E-state index contributed by atoms with van der Waals surface area (Å²) in [4.78, 5) is 23.5. The summed E-state index contributed by atoms with van der Waals surface area (Å²) >= 11 is 0. The Kier molecular flexibility index (Phi) is 6.60. The van der Waals surface area contributed by atoms with Gasteiger partial charge in [-0.25, -0.2) is 9.97 Å². The largest absolute Gasteiger partial charge is 0.339 e. The molecule has 0 fully saturated rings. The fourth-order valence-corrected chi connectivity index (χ4v) is 3.02. The summed E-state index contributed by atoms with van der Waals surface area (Å²) in [5.74, 6) is 0.983. The molecule has 0 unspecified atom stereocenters. The predicted molar refractivity (Wildman–Crippen MR) is 117 cm³/mol. The Morgan fingerprint density at radius 2 is 1.62 bits per heavy atom. The molecular formula is C24H28N4O. The second kappa shape index (κ2) is 9.32. The number of benzene rings is 2. The first-order valence-corrected chi connectivity index (χ1v) is 9.98. The molecule has 2 aromatic carbocycles. The number of rotatable bonds is 7. The molecule has 0 bridgehead atoms. The van der Waals surface area contributed by atoms with Gasteiger partial charge < -0.3 is 10.2 Å². The van der Waals surface area contributed by atoms with Crippen molar-refractivity contribution in [1.82, 2.24) is 14.9 Å². The molecule has 0 aliphatic rings. The Morgan fingerprint density at radius 3 is 2.17 bits per heavy atom. The lowest BCUT2D eigenvalue weighted by atomic mass is 10.0. The monoisotopic (exact) mass is 388 g/mol. The van der Waals surface area contributed by atoms with Gasteiger partial charge in [-0.2, -0.15) is 0 Å². The molecule has 0 saturated carbocycles. The van der Waals surface area contributed by atoms with E-state index < -0.39 is 0 Å². The van der Waals surface area contributed by atoms with Crippen LogP contribution in [0.3, 0.4) is 0 Å². The zero-order valence-corrected chi connectivity index (χ0v) is 17.5. The SMILES string of the molecule is CC(C)c1ccc(Nc2cnc(C(=O)N(Cc3ccccc3)C(C)C)cn2)cc1. The van der Waals surface area contributed by atoms with Gasteiger partial charge >= 0.3 is 0 Å². The van der Waals surface area contributed by atoms with Gasteiger partial charge in [-0.1, -0.05) is 56.3 Å². The Morgan fingerprint density at radius 1 is 0.931 bits per heavy atom. The first kappa shape index (κ1) is 20.5. The summed E-state index contributed by atoms with van der Waals surface area (Å²) in [5.41, 5.74) is 3.66. The third-order valence-electron chi connectivity index (χ3n) is 4.80. The van der Waals surface area contributed by atoms with E-state index in [0.29, 0.717) is 24.0 Å². The minimum absolute atomic E-state index is 0.0572. The van der Waals surface area contributed by atoms with Gasteiger partial charge in [0.15, 0.2) is 0 Å². The molecule has 1 heterocycles. The fourth-order valence-electron chi connectivity index (χ4n) is 3.02. The number of nitrogens with zero attached hydrogens (tertiary/aromatic N) is 3. The second-order valence-corrected chi connectivity index (χ2v) is 7.70. The van der Waals surface area contributed by atoms with Crippen LogP contribution in [-0.4, -0.2) is 26.8 Å². The summed E-state index contributed by atoms with van der Waals surface area (Å²) in [5, 5.41) is 3.23. The highest BCUT2D eigenvalue weighted by atomic mass is 16.2. The smallest absolute Gasteiger partial charge is 0.274 e. The fraction of sp³-hybridized carbons (Fsp3) is 0.292. The van der Waals surface area contributed by atoms with Crippen molar-refractivity contribution >= 4 is 17.4 Å². The van der Waals surface area contributed by atoms with E-state index in [4.69, 9.17) is 0 Å². The number of hydrogen-bond donors (Lipinski definition) is 1. The van der Waals surface area contributed by atoms with Crippen LogP contribution in [0.5, 0.6) is 0 Å². The van der Waals surface area contributed by atoms with E-state index in [2.05, 4.69) is 41.3 Å². The van der Waals surface area contributed by atoms with E-state index >= 15 is 0 Å². The van der Waals surface area contributed by atoms with E-state index in [1.807, 2.05) is 56.3 Å². The number of amides is 1. The molecule has 1 aromatic heterocycles. The summed E-state index contributed by atoms with van der Waals surface area (Å²) in [6, 6.07) is 18.3. The van der Waals surface area contributed by atoms with Crippen LogP contribution in [0.25, 0.3) is 0 Å². The third kappa shape index (κ3) is 5.41. The maximum atomic E-state index is 13.0. The van der Waals surface area contributed by atoms with Crippen LogP contribution < -0.4 is 5.32 Å². The molecule has 0 atom stereocenters. The number of carbonyl (C=O) groups is 1. The molecule has 3 aromatic rings.